The van der Waals surface area contributed by atoms with Crippen molar-refractivity contribution in [1.82, 2.24) is 0 Å². The summed E-state index contributed by atoms with van der Waals surface area (Å²) in [5, 5.41) is 0. The van der Waals surface area contributed by atoms with Gasteiger partial charge in [0.05, 0.1) is 0 Å². The van der Waals surface area contributed by atoms with E-state index in [4.69, 9.17) is 0 Å². The Morgan fingerprint density at radius 2 is 0.917 bits per heavy atom. The molecule has 0 heterocycles. The molecule has 0 aliphatic carbocycles. The Balaban J connectivity index is 2.13. The number of rotatable bonds is 6. The lowest BCUT2D eigenvalue weighted by Gasteiger charge is -2.10. The van der Waals surface area contributed by atoms with Crippen molar-refractivity contribution < 1.29 is 14.4 Å². The molecule has 0 amide bonds. The Morgan fingerprint density at radius 1 is 0.625 bits per heavy atom. The van der Waals surface area contributed by atoms with E-state index >= 15 is 0 Å². The number of carbonyl (C=O) groups is 3. The van der Waals surface area contributed by atoms with Crippen LogP contribution in [-0.2, 0) is 27.2 Å². The first-order valence-electron chi connectivity index (χ1n) is 8.01. The van der Waals surface area contributed by atoms with Crippen LogP contribution in [0.4, 0.5) is 0 Å². The van der Waals surface area contributed by atoms with Crippen molar-refractivity contribution in [2.45, 2.75) is 40.5 Å². The molecule has 0 atom stereocenters. The minimum absolute atomic E-state index is 0.0180. The van der Waals surface area contributed by atoms with Gasteiger partial charge >= 0.3 is 0 Å². The van der Waals surface area contributed by atoms with Crippen LogP contribution in [0.25, 0.3) is 0 Å². The van der Waals surface area contributed by atoms with Crippen molar-refractivity contribution in [3.05, 3.63) is 69.8 Å². The normalized spacial score (nSPS) is 10.5. The Bertz CT molecular complexity index is 708. The fraction of sp³-hybridized carbons (Fsp3) is 0.286. The number of Topliss-reactive ketones (excluding diaryl/α,β-unsaturated/α-hetero) is 3. The average Bonchev–Trinajstić information content (AvgIpc) is 2.53. The highest BCUT2D eigenvalue weighted by Gasteiger charge is 2.24. The molecule has 0 aliphatic rings. The van der Waals surface area contributed by atoms with Gasteiger partial charge < -0.3 is 0 Å². The minimum atomic E-state index is -0.902. The number of hydrogen-bond donors (Lipinski definition) is 0. The molecule has 0 aromatic heterocycles. The van der Waals surface area contributed by atoms with Crippen LogP contribution in [0.1, 0.15) is 33.4 Å². The van der Waals surface area contributed by atoms with Gasteiger partial charge in [0.25, 0.3) is 5.78 Å². The van der Waals surface area contributed by atoms with E-state index in [1.165, 1.54) is 0 Å². The SMILES string of the molecule is Cc1cccc(C)c1CC(=O)C(=O)C(=O)Cc1c(C)cccc1C. The van der Waals surface area contributed by atoms with Crippen molar-refractivity contribution in [3.63, 3.8) is 0 Å². The van der Waals surface area contributed by atoms with Gasteiger partial charge in [0.2, 0.25) is 11.6 Å². The minimum Gasteiger partial charge on any atom is -0.290 e. The summed E-state index contributed by atoms with van der Waals surface area (Å²) < 4.78 is 0. The van der Waals surface area contributed by atoms with Crippen LogP contribution in [0.2, 0.25) is 0 Å². The second-order valence-corrected chi connectivity index (χ2v) is 6.27. The first-order valence-corrected chi connectivity index (χ1v) is 8.01. The second-order valence-electron chi connectivity index (χ2n) is 6.27. The number of ketones is 3. The van der Waals surface area contributed by atoms with E-state index in [1.54, 1.807) is 0 Å². The molecule has 24 heavy (non-hydrogen) atoms. The van der Waals surface area contributed by atoms with E-state index in [1.807, 2.05) is 64.1 Å². The van der Waals surface area contributed by atoms with E-state index < -0.39 is 17.3 Å². The zero-order valence-electron chi connectivity index (χ0n) is 14.6. The van der Waals surface area contributed by atoms with Crippen molar-refractivity contribution in [1.29, 1.82) is 0 Å². The predicted molar refractivity (Wildman–Crippen MR) is 94.3 cm³/mol. The summed E-state index contributed by atoms with van der Waals surface area (Å²) in [6.07, 6.45) is -0.0360. The summed E-state index contributed by atoms with van der Waals surface area (Å²) in [6, 6.07) is 11.4. The summed E-state index contributed by atoms with van der Waals surface area (Å²) in [4.78, 5) is 36.7. The smallest absolute Gasteiger partial charge is 0.264 e. The third-order valence-electron chi connectivity index (χ3n) is 4.47. The maximum atomic E-state index is 12.2. The predicted octanol–water partition coefficient (Wildman–Crippen LogP) is 3.41. The molecule has 0 fully saturated rings. The molecule has 3 nitrogen and oxygen atoms in total. The first-order chi connectivity index (χ1) is 11.3. The molecule has 0 unspecified atom stereocenters. The first kappa shape index (κ1) is 17.8. The quantitative estimate of drug-likeness (QED) is 0.605. The highest BCUT2D eigenvalue weighted by Crippen LogP contribution is 2.16. The van der Waals surface area contributed by atoms with Crippen molar-refractivity contribution >= 4 is 17.3 Å². The van der Waals surface area contributed by atoms with Gasteiger partial charge in [0.15, 0.2) is 0 Å². The van der Waals surface area contributed by atoms with Crippen LogP contribution in [0.15, 0.2) is 36.4 Å². The summed E-state index contributed by atoms with van der Waals surface area (Å²) in [5.41, 5.74) is 5.49. The van der Waals surface area contributed by atoms with Gasteiger partial charge in [-0.3, -0.25) is 14.4 Å². The lowest BCUT2D eigenvalue weighted by Crippen LogP contribution is -2.27. The van der Waals surface area contributed by atoms with Crippen LogP contribution in [-0.4, -0.2) is 17.3 Å². The van der Waals surface area contributed by atoms with Crippen molar-refractivity contribution in [2.75, 3.05) is 0 Å². The molecule has 0 bridgehead atoms. The molecule has 0 radical (unpaired) electrons. The zero-order valence-corrected chi connectivity index (χ0v) is 14.6. The molecule has 2 rings (SSSR count). The van der Waals surface area contributed by atoms with Gasteiger partial charge in [0.1, 0.15) is 0 Å². The van der Waals surface area contributed by atoms with Crippen molar-refractivity contribution in [3.8, 4) is 0 Å². The molecule has 0 N–H and O–H groups in total. The molecule has 124 valence electrons. The monoisotopic (exact) mass is 322 g/mol. The van der Waals surface area contributed by atoms with Crippen LogP contribution in [0.5, 0.6) is 0 Å². The van der Waals surface area contributed by atoms with E-state index in [0.717, 1.165) is 33.4 Å². The molecule has 2 aromatic carbocycles. The number of aryl methyl sites for hydroxylation is 4. The maximum absolute atomic E-state index is 12.2. The maximum Gasteiger partial charge on any atom is 0.264 e. The molecular formula is C21H22O3. The Morgan fingerprint density at radius 3 is 1.21 bits per heavy atom. The van der Waals surface area contributed by atoms with E-state index in [-0.39, 0.29) is 12.8 Å². The number of hydrogen-bond acceptors (Lipinski definition) is 3. The molecule has 2 aromatic rings. The summed E-state index contributed by atoms with van der Waals surface area (Å²) >= 11 is 0. The van der Waals surface area contributed by atoms with Crippen LogP contribution in [0.3, 0.4) is 0 Å². The molecule has 0 saturated carbocycles. The van der Waals surface area contributed by atoms with Gasteiger partial charge in [-0.25, -0.2) is 0 Å². The molecule has 0 saturated heterocycles. The highest BCUT2D eigenvalue weighted by atomic mass is 16.2. The van der Waals surface area contributed by atoms with E-state index in [9.17, 15) is 14.4 Å². The fourth-order valence-corrected chi connectivity index (χ4v) is 2.89. The Kier molecular flexibility index (Phi) is 5.45. The van der Waals surface area contributed by atoms with Gasteiger partial charge in [-0.2, -0.15) is 0 Å². The third kappa shape index (κ3) is 3.85. The van der Waals surface area contributed by atoms with Crippen molar-refractivity contribution in [2.24, 2.45) is 0 Å². The highest BCUT2D eigenvalue weighted by molar-refractivity contribution is 6.64. The van der Waals surface area contributed by atoms with Gasteiger partial charge in [-0.15, -0.1) is 0 Å². The Hall–Kier alpha value is -2.55. The fourth-order valence-electron chi connectivity index (χ4n) is 2.89. The molecule has 0 aliphatic heterocycles. The van der Waals surface area contributed by atoms with Gasteiger partial charge in [-0.05, 0) is 61.1 Å². The largest absolute Gasteiger partial charge is 0.290 e. The Labute approximate surface area is 142 Å². The third-order valence-corrected chi connectivity index (χ3v) is 4.47. The molecular weight excluding hydrogens is 300 g/mol. The molecule has 0 spiro atoms. The van der Waals surface area contributed by atoms with Crippen LogP contribution >= 0.6 is 0 Å². The topological polar surface area (TPSA) is 51.2 Å². The van der Waals surface area contributed by atoms with Crippen LogP contribution < -0.4 is 0 Å². The van der Waals surface area contributed by atoms with Crippen LogP contribution in [0, 0.1) is 27.7 Å². The average molecular weight is 322 g/mol. The van der Waals surface area contributed by atoms with Gasteiger partial charge in [-0.1, -0.05) is 36.4 Å². The molecule has 3 heteroatoms. The van der Waals surface area contributed by atoms with E-state index in [2.05, 4.69) is 0 Å². The second kappa shape index (κ2) is 7.35. The lowest BCUT2D eigenvalue weighted by molar-refractivity contribution is -0.143. The number of carbonyl (C=O) groups excluding carboxylic acids is 3. The lowest BCUT2D eigenvalue weighted by atomic mass is 9.93. The standard InChI is InChI=1S/C21H22O3/c1-13-7-5-8-14(2)17(13)11-19(22)21(24)20(23)12-18-15(3)9-6-10-16(18)4/h5-10H,11-12H2,1-4H3. The summed E-state index contributed by atoms with van der Waals surface area (Å²) in [6.45, 7) is 7.61. The zero-order chi connectivity index (χ0) is 17.9. The summed E-state index contributed by atoms with van der Waals surface area (Å²) in [5.74, 6) is -2.17. The number of benzene rings is 2. The van der Waals surface area contributed by atoms with E-state index in [0.29, 0.717) is 0 Å². The summed E-state index contributed by atoms with van der Waals surface area (Å²) in [7, 11) is 0. The van der Waals surface area contributed by atoms with Gasteiger partial charge in [0, 0.05) is 12.8 Å².